The van der Waals surface area contributed by atoms with Crippen LogP contribution in [0.4, 0.5) is 5.69 Å². The summed E-state index contributed by atoms with van der Waals surface area (Å²) in [7, 11) is 0. The predicted molar refractivity (Wildman–Crippen MR) is 84.6 cm³/mol. The lowest BCUT2D eigenvalue weighted by Gasteiger charge is -2.22. The molecule has 1 aromatic rings. The minimum absolute atomic E-state index is 0.0877. The molecule has 21 heavy (non-hydrogen) atoms. The van der Waals surface area contributed by atoms with Gasteiger partial charge in [-0.25, -0.2) is 0 Å². The fourth-order valence-corrected chi connectivity index (χ4v) is 2.76. The lowest BCUT2D eigenvalue weighted by atomic mass is 10.1. The summed E-state index contributed by atoms with van der Waals surface area (Å²) in [6, 6.07) is 5.39. The molecule has 0 spiro atoms. The normalized spacial score (nSPS) is 16.7. The molecule has 1 aliphatic rings. The maximum Gasteiger partial charge on any atom is 0.257 e. The number of rotatable bonds is 6. The van der Waals surface area contributed by atoms with Crippen molar-refractivity contribution in [1.82, 2.24) is 10.2 Å². The van der Waals surface area contributed by atoms with Crippen LogP contribution in [0.5, 0.6) is 5.75 Å². The fourth-order valence-electron chi connectivity index (χ4n) is 2.76. The van der Waals surface area contributed by atoms with Gasteiger partial charge in [0.1, 0.15) is 11.3 Å². The van der Waals surface area contributed by atoms with Crippen molar-refractivity contribution in [2.75, 3.05) is 32.0 Å². The molecule has 3 N–H and O–H groups in total. The van der Waals surface area contributed by atoms with E-state index in [4.69, 9.17) is 10.5 Å². The average Bonchev–Trinajstić information content (AvgIpc) is 2.91. The van der Waals surface area contributed by atoms with Gasteiger partial charge in [-0.3, -0.25) is 4.79 Å². The average molecular weight is 291 g/mol. The Balaban J connectivity index is 2.01. The lowest BCUT2D eigenvalue weighted by molar-refractivity contribution is 0.0929. The Morgan fingerprint density at radius 1 is 1.43 bits per heavy atom. The zero-order valence-electron chi connectivity index (χ0n) is 12.9. The van der Waals surface area contributed by atoms with Crippen LogP contribution in [0, 0.1) is 0 Å². The van der Waals surface area contributed by atoms with Crippen molar-refractivity contribution in [2.24, 2.45) is 0 Å². The molecular weight excluding hydrogens is 266 g/mol. The molecule has 0 saturated carbocycles. The number of carbonyl (C=O) groups excluding carboxylic acids is 1. The van der Waals surface area contributed by atoms with Crippen LogP contribution in [0.15, 0.2) is 18.2 Å². The Morgan fingerprint density at radius 3 is 2.81 bits per heavy atom. The van der Waals surface area contributed by atoms with E-state index < -0.39 is 0 Å². The zero-order chi connectivity index (χ0) is 15.2. The summed E-state index contributed by atoms with van der Waals surface area (Å²) < 4.78 is 5.50. The second-order valence-electron chi connectivity index (χ2n) is 5.54. The first kappa shape index (κ1) is 15.6. The van der Waals surface area contributed by atoms with E-state index in [2.05, 4.69) is 10.2 Å². The number of benzene rings is 1. The number of nitrogens with one attached hydrogen (secondary N) is 1. The van der Waals surface area contributed by atoms with Gasteiger partial charge in [-0.05, 0) is 51.9 Å². The molecule has 0 radical (unpaired) electrons. The van der Waals surface area contributed by atoms with E-state index in [0.717, 1.165) is 19.6 Å². The molecule has 1 aliphatic heterocycles. The van der Waals surface area contributed by atoms with Crippen LogP contribution in [-0.2, 0) is 0 Å². The van der Waals surface area contributed by atoms with Gasteiger partial charge >= 0.3 is 0 Å². The predicted octanol–water partition coefficient (Wildman–Crippen LogP) is 1.88. The number of likely N-dealkylation sites (tertiary alicyclic amines) is 1. The Labute approximate surface area is 126 Å². The van der Waals surface area contributed by atoms with E-state index in [1.807, 2.05) is 13.8 Å². The van der Waals surface area contributed by atoms with Gasteiger partial charge in [0.2, 0.25) is 0 Å². The standard InChI is InChI=1S/C16H25N3O2/c1-3-21-14-8-6-7-13(17)15(14)16(20)18-12(2)11-19-9-4-5-10-19/h6-8,12H,3-5,9-11,17H2,1-2H3,(H,18,20). The van der Waals surface area contributed by atoms with Crippen molar-refractivity contribution in [3.63, 3.8) is 0 Å². The largest absolute Gasteiger partial charge is 0.493 e. The highest BCUT2D eigenvalue weighted by molar-refractivity contribution is 6.02. The first-order valence-electron chi connectivity index (χ1n) is 7.66. The van der Waals surface area contributed by atoms with Crippen LogP contribution in [0.3, 0.4) is 0 Å². The highest BCUT2D eigenvalue weighted by Crippen LogP contribution is 2.24. The quantitative estimate of drug-likeness (QED) is 0.785. The summed E-state index contributed by atoms with van der Waals surface area (Å²) >= 11 is 0. The van der Waals surface area contributed by atoms with Crippen LogP contribution in [0.2, 0.25) is 0 Å². The second kappa shape index (κ2) is 7.31. The number of nitrogens with two attached hydrogens (primary N) is 1. The van der Waals surface area contributed by atoms with Gasteiger partial charge in [-0.1, -0.05) is 6.07 Å². The van der Waals surface area contributed by atoms with Crippen molar-refractivity contribution < 1.29 is 9.53 Å². The molecule has 1 heterocycles. The van der Waals surface area contributed by atoms with Gasteiger partial charge in [-0.15, -0.1) is 0 Å². The number of nitrogens with zero attached hydrogens (tertiary/aromatic N) is 1. The van der Waals surface area contributed by atoms with Gasteiger partial charge in [0.15, 0.2) is 0 Å². The number of anilines is 1. The molecule has 1 unspecified atom stereocenters. The molecule has 0 aromatic heterocycles. The number of hydrogen-bond donors (Lipinski definition) is 2. The van der Waals surface area contributed by atoms with Crippen molar-refractivity contribution in [3.8, 4) is 5.75 Å². The molecule has 116 valence electrons. The molecule has 5 nitrogen and oxygen atoms in total. The summed E-state index contributed by atoms with van der Waals surface area (Å²) in [6.45, 7) is 7.54. The summed E-state index contributed by atoms with van der Waals surface area (Å²) in [4.78, 5) is 14.8. The van der Waals surface area contributed by atoms with E-state index in [9.17, 15) is 4.79 Å². The van der Waals surface area contributed by atoms with Gasteiger partial charge in [0, 0.05) is 18.3 Å². The highest BCUT2D eigenvalue weighted by atomic mass is 16.5. The van der Waals surface area contributed by atoms with Crippen LogP contribution in [0.25, 0.3) is 0 Å². The maximum absolute atomic E-state index is 12.5. The van der Waals surface area contributed by atoms with Gasteiger partial charge in [-0.2, -0.15) is 0 Å². The molecular formula is C16H25N3O2. The summed E-state index contributed by atoms with van der Waals surface area (Å²) in [6.07, 6.45) is 2.50. The number of amides is 1. The summed E-state index contributed by atoms with van der Waals surface area (Å²) in [5, 5.41) is 3.02. The molecule has 1 atom stereocenters. The fraction of sp³-hybridized carbons (Fsp3) is 0.562. The molecule has 1 saturated heterocycles. The van der Waals surface area contributed by atoms with E-state index in [0.29, 0.717) is 23.6 Å². The summed E-state index contributed by atoms with van der Waals surface area (Å²) in [5.41, 5.74) is 6.83. The number of ether oxygens (including phenoxy) is 1. The second-order valence-corrected chi connectivity index (χ2v) is 5.54. The Kier molecular flexibility index (Phi) is 5.44. The Bertz CT molecular complexity index is 484. The lowest BCUT2D eigenvalue weighted by Crippen LogP contribution is -2.41. The molecule has 0 aliphatic carbocycles. The summed E-state index contributed by atoms with van der Waals surface area (Å²) in [5.74, 6) is 0.381. The topological polar surface area (TPSA) is 67.6 Å². The zero-order valence-corrected chi connectivity index (χ0v) is 12.9. The minimum atomic E-state index is -0.164. The molecule has 1 amide bonds. The first-order valence-corrected chi connectivity index (χ1v) is 7.66. The van der Waals surface area contributed by atoms with Crippen molar-refractivity contribution >= 4 is 11.6 Å². The van der Waals surface area contributed by atoms with Gasteiger partial charge in [0.25, 0.3) is 5.91 Å². The third kappa shape index (κ3) is 4.11. The Hall–Kier alpha value is -1.75. The van der Waals surface area contributed by atoms with E-state index in [-0.39, 0.29) is 11.9 Å². The van der Waals surface area contributed by atoms with E-state index >= 15 is 0 Å². The highest BCUT2D eigenvalue weighted by Gasteiger charge is 2.20. The molecule has 5 heteroatoms. The van der Waals surface area contributed by atoms with E-state index in [1.165, 1.54) is 12.8 Å². The molecule has 1 fully saturated rings. The SMILES string of the molecule is CCOc1cccc(N)c1C(=O)NC(C)CN1CCCC1. The number of carbonyl (C=O) groups is 1. The smallest absolute Gasteiger partial charge is 0.257 e. The van der Waals surface area contributed by atoms with Gasteiger partial charge < -0.3 is 20.7 Å². The van der Waals surface area contributed by atoms with Crippen molar-refractivity contribution in [3.05, 3.63) is 23.8 Å². The van der Waals surface area contributed by atoms with Crippen LogP contribution >= 0.6 is 0 Å². The third-order valence-corrected chi connectivity index (χ3v) is 3.69. The first-order chi connectivity index (χ1) is 10.1. The van der Waals surface area contributed by atoms with Crippen LogP contribution < -0.4 is 15.8 Å². The Morgan fingerprint density at radius 2 is 2.14 bits per heavy atom. The molecule has 0 bridgehead atoms. The minimum Gasteiger partial charge on any atom is -0.493 e. The van der Waals surface area contributed by atoms with Gasteiger partial charge in [0.05, 0.1) is 6.61 Å². The number of hydrogen-bond acceptors (Lipinski definition) is 4. The third-order valence-electron chi connectivity index (χ3n) is 3.69. The van der Waals surface area contributed by atoms with E-state index in [1.54, 1.807) is 18.2 Å². The van der Waals surface area contributed by atoms with Crippen molar-refractivity contribution in [2.45, 2.75) is 32.7 Å². The maximum atomic E-state index is 12.5. The van der Waals surface area contributed by atoms with Crippen molar-refractivity contribution in [1.29, 1.82) is 0 Å². The molecule has 1 aromatic carbocycles. The van der Waals surface area contributed by atoms with Crippen LogP contribution in [-0.4, -0.2) is 43.1 Å². The number of nitrogen functional groups attached to an aromatic ring is 1. The monoisotopic (exact) mass is 291 g/mol. The molecule has 2 rings (SSSR count). The van der Waals surface area contributed by atoms with Crippen LogP contribution in [0.1, 0.15) is 37.0 Å².